The number of nitrogens with zero attached hydrogens (tertiary/aromatic N) is 3. The van der Waals surface area contributed by atoms with Crippen molar-refractivity contribution in [1.82, 2.24) is 14.8 Å². The molecule has 0 N–H and O–H groups in total. The Labute approximate surface area is 105 Å². The molecule has 0 amide bonds. The second-order valence-corrected chi connectivity index (χ2v) is 3.85. The number of ether oxygens (including phenoxy) is 1. The summed E-state index contributed by atoms with van der Waals surface area (Å²) in [6.45, 7) is 3.82. The molecule has 18 heavy (non-hydrogen) atoms. The highest BCUT2D eigenvalue weighted by Crippen LogP contribution is 2.06. The lowest BCUT2D eigenvalue weighted by Crippen LogP contribution is -2.16. The summed E-state index contributed by atoms with van der Waals surface area (Å²) in [5.41, 5.74) is 1.11. The van der Waals surface area contributed by atoms with Gasteiger partial charge in [-0.1, -0.05) is 30.3 Å². The van der Waals surface area contributed by atoms with E-state index in [2.05, 4.69) is 10.1 Å². The summed E-state index contributed by atoms with van der Waals surface area (Å²) in [7, 11) is 0. The first-order valence-electron chi connectivity index (χ1n) is 5.84. The van der Waals surface area contributed by atoms with Gasteiger partial charge in [-0.3, -0.25) is 0 Å². The number of aromatic nitrogens is 3. The van der Waals surface area contributed by atoms with Gasteiger partial charge in [0, 0.05) is 6.42 Å². The van der Waals surface area contributed by atoms with Gasteiger partial charge in [0.05, 0.1) is 6.61 Å². The van der Waals surface area contributed by atoms with E-state index in [-0.39, 0.29) is 0 Å². The fourth-order valence-electron chi connectivity index (χ4n) is 1.66. The van der Waals surface area contributed by atoms with Crippen LogP contribution in [0.4, 0.5) is 4.79 Å². The molecule has 0 saturated heterocycles. The van der Waals surface area contributed by atoms with E-state index < -0.39 is 6.09 Å². The van der Waals surface area contributed by atoms with Crippen molar-refractivity contribution >= 4 is 6.09 Å². The Balaban J connectivity index is 2.16. The second-order valence-electron chi connectivity index (χ2n) is 3.85. The predicted octanol–water partition coefficient (Wildman–Crippen LogP) is 2.18. The minimum absolute atomic E-state index is 0.326. The third kappa shape index (κ3) is 2.74. The fourth-order valence-corrected chi connectivity index (χ4v) is 1.66. The van der Waals surface area contributed by atoms with Gasteiger partial charge in [-0.2, -0.15) is 0 Å². The van der Waals surface area contributed by atoms with Crippen LogP contribution < -0.4 is 0 Å². The molecule has 0 atom stereocenters. The molecular weight excluding hydrogens is 230 g/mol. The molecule has 1 aromatic heterocycles. The maximum atomic E-state index is 11.6. The van der Waals surface area contributed by atoms with Crippen molar-refractivity contribution in [3.05, 3.63) is 47.5 Å². The predicted molar refractivity (Wildman–Crippen MR) is 66.4 cm³/mol. The topological polar surface area (TPSA) is 57.0 Å². The van der Waals surface area contributed by atoms with Crippen LogP contribution in [0.5, 0.6) is 0 Å². The molecule has 1 aromatic carbocycles. The average Bonchev–Trinajstić information content (AvgIpc) is 2.72. The number of benzene rings is 1. The summed E-state index contributed by atoms with van der Waals surface area (Å²) in [6.07, 6.45) is 0.121. The Morgan fingerprint density at radius 1 is 1.33 bits per heavy atom. The SMILES string of the molecule is CCOC(=O)n1nc(Cc2ccccc2)nc1C. The van der Waals surface area contributed by atoms with Gasteiger partial charge in [0.2, 0.25) is 0 Å². The highest BCUT2D eigenvalue weighted by Gasteiger charge is 2.13. The lowest BCUT2D eigenvalue weighted by molar-refractivity contribution is 0.149. The van der Waals surface area contributed by atoms with Crippen molar-refractivity contribution in [2.45, 2.75) is 20.3 Å². The summed E-state index contributed by atoms with van der Waals surface area (Å²) in [5, 5.41) is 4.15. The van der Waals surface area contributed by atoms with Crippen molar-refractivity contribution in [1.29, 1.82) is 0 Å². The minimum atomic E-state index is -0.484. The third-order valence-electron chi connectivity index (χ3n) is 2.46. The molecule has 1 heterocycles. The second kappa shape index (κ2) is 5.44. The maximum absolute atomic E-state index is 11.6. The maximum Gasteiger partial charge on any atom is 0.436 e. The van der Waals surface area contributed by atoms with Gasteiger partial charge in [-0.15, -0.1) is 9.78 Å². The molecule has 0 bridgehead atoms. The number of hydrogen-bond acceptors (Lipinski definition) is 4. The van der Waals surface area contributed by atoms with Gasteiger partial charge < -0.3 is 4.74 Å². The van der Waals surface area contributed by atoms with Crippen molar-refractivity contribution in [3.63, 3.8) is 0 Å². The third-order valence-corrected chi connectivity index (χ3v) is 2.46. The van der Waals surface area contributed by atoms with E-state index in [0.717, 1.165) is 5.56 Å². The molecule has 2 rings (SSSR count). The number of rotatable bonds is 3. The van der Waals surface area contributed by atoms with E-state index in [1.807, 2.05) is 30.3 Å². The van der Waals surface area contributed by atoms with Gasteiger partial charge in [0.15, 0.2) is 5.82 Å². The Morgan fingerprint density at radius 3 is 2.72 bits per heavy atom. The lowest BCUT2D eigenvalue weighted by Gasteiger charge is -2.00. The number of aryl methyl sites for hydroxylation is 1. The van der Waals surface area contributed by atoms with Crippen LogP contribution in [0.3, 0.4) is 0 Å². The quantitative estimate of drug-likeness (QED) is 0.831. The Kier molecular flexibility index (Phi) is 3.72. The van der Waals surface area contributed by atoms with Crippen LogP contribution in [0, 0.1) is 6.92 Å². The van der Waals surface area contributed by atoms with E-state index in [9.17, 15) is 4.79 Å². The Hall–Kier alpha value is -2.17. The molecule has 5 nitrogen and oxygen atoms in total. The van der Waals surface area contributed by atoms with Crippen LogP contribution in [0.15, 0.2) is 30.3 Å². The first kappa shape index (κ1) is 12.3. The fraction of sp³-hybridized carbons (Fsp3) is 0.308. The molecule has 0 fully saturated rings. The van der Waals surface area contributed by atoms with Crippen LogP contribution in [0.2, 0.25) is 0 Å². The molecule has 0 unspecified atom stereocenters. The summed E-state index contributed by atoms with van der Waals surface area (Å²) >= 11 is 0. The smallest absolute Gasteiger partial charge is 0.436 e. The van der Waals surface area contributed by atoms with Gasteiger partial charge in [0.1, 0.15) is 5.82 Å². The largest absolute Gasteiger partial charge is 0.448 e. The molecule has 0 aliphatic heterocycles. The zero-order chi connectivity index (χ0) is 13.0. The van der Waals surface area contributed by atoms with Crippen molar-refractivity contribution in [2.24, 2.45) is 0 Å². The van der Waals surface area contributed by atoms with Gasteiger partial charge in [0.25, 0.3) is 0 Å². The molecule has 2 aromatic rings. The summed E-state index contributed by atoms with van der Waals surface area (Å²) in [4.78, 5) is 15.8. The number of hydrogen-bond donors (Lipinski definition) is 0. The average molecular weight is 245 g/mol. The molecule has 5 heteroatoms. The first-order chi connectivity index (χ1) is 8.70. The molecule has 0 saturated carbocycles. The van der Waals surface area contributed by atoms with Crippen molar-refractivity contribution in [3.8, 4) is 0 Å². The minimum Gasteiger partial charge on any atom is -0.448 e. The van der Waals surface area contributed by atoms with Gasteiger partial charge >= 0.3 is 6.09 Å². The molecule has 0 spiro atoms. The van der Waals surface area contributed by atoms with E-state index >= 15 is 0 Å². The van der Waals surface area contributed by atoms with Crippen LogP contribution in [0.1, 0.15) is 24.1 Å². The highest BCUT2D eigenvalue weighted by atomic mass is 16.6. The molecule has 0 aliphatic rings. The van der Waals surface area contributed by atoms with Crippen LogP contribution in [-0.4, -0.2) is 27.5 Å². The van der Waals surface area contributed by atoms with Crippen molar-refractivity contribution < 1.29 is 9.53 Å². The summed E-state index contributed by atoms with van der Waals surface area (Å²) < 4.78 is 6.09. The van der Waals surface area contributed by atoms with E-state index in [4.69, 9.17) is 4.74 Å². The van der Waals surface area contributed by atoms with Crippen LogP contribution in [-0.2, 0) is 11.2 Å². The Bertz CT molecular complexity index is 534. The summed E-state index contributed by atoms with van der Waals surface area (Å²) in [5.74, 6) is 1.16. The van der Waals surface area contributed by atoms with Crippen LogP contribution >= 0.6 is 0 Å². The standard InChI is InChI=1S/C13H15N3O2/c1-3-18-13(17)16-10(2)14-12(15-16)9-11-7-5-4-6-8-11/h4-8H,3,9H2,1-2H3. The normalized spacial score (nSPS) is 10.3. The molecular formula is C13H15N3O2. The number of carbonyl (C=O) groups excluding carboxylic acids is 1. The lowest BCUT2D eigenvalue weighted by atomic mass is 10.1. The Morgan fingerprint density at radius 2 is 2.06 bits per heavy atom. The zero-order valence-corrected chi connectivity index (χ0v) is 10.5. The zero-order valence-electron chi connectivity index (χ0n) is 10.5. The van der Waals surface area contributed by atoms with Gasteiger partial charge in [-0.05, 0) is 19.4 Å². The monoisotopic (exact) mass is 245 g/mol. The highest BCUT2D eigenvalue weighted by molar-refractivity contribution is 5.69. The first-order valence-corrected chi connectivity index (χ1v) is 5.84. The molecule has 0 aliphatic carbocycles. The molecule has 0 radical (unpaired) electrons. The van der Waals surface area contributed by atoms with E-state index in [1.54, 1.807) is 13.8 Å². The van der Waals surface area contributed by atoms with Crippen molar-refractivity contribution in [2.75, 3.05) is 6.61 Å². The summed E-state index contributed by atoms with van der Waals surface area (Å²) in [6, 6.07) is 9.88. The van der Waals surface area contributed by atoms with E-state index in [1.165, 1.54) is 4.68 Å². The molecule has 94 valence electrons. The van der Waals surface area contributed by atoms with Gasteiger partial charge in [-0.25, -0.2) is 9.78 Å². The van der Waals surface area contributed by atoms with E-state index in [0.29, 0.717) is 24.7 Å². The van der Waals surface area contributed by atoms with Crippen LogP contribution in [0.25, 0.3) is 0 Å². The number of carbonyl (C=O) groups is 1.